The summed E-state index contributed by atoms with van der Waals surface area (Å²) in [6.07, 6.45) is 0. The fourth-order valence-electron chi connectivity index (χ4n) is 3.18. The zero-order valence-electron chi connectivity index (χ0n) is 17.8. The van der Waals surface area contributed by atoms with E-state index in [2.05, 4.69) is 15.5 Å². The van der Waals surface area contributed by atoms with Gasteiger partial charge in [-0.25, -0.2) is 12.8 Å². The molecule has 0 unspecified atom stereocenters. The molecule has 9 nitrogen and oxygen atoms in total. The van der Waals surface area contributed by atoms with Crippen LogP contribution in [0, 0.1) is 5.82 Å². The maximum absolute atomic E-state index is 13.0. The van der Waals surface area contributed by atoms with E-state index < -0.39 is 21.6 Å². The van der Waals surface area contributed by atoms with Crippen molar-refractivity contribution in [1.82, 2.24) is 10.2 Å². The quantitative estimate of drug-likeness (QED) is 0.386. The van der Waals surface area contributed by atoms with Gasteiger partial charge in [-0.3, -0.25) is 4.79 Å². The molecule has 0 saturated heterocycles. The first kappa shape index (κ1) is 22.7. The van der Waals surface area contributed by atoms with Gasteiger partial charge in [-0.2, -0.15) is 0 Å². The standard InChI is InChI=1S/C23H16FN3O6S2/c24-16-5-7-17(8-6-16)25-21(28)15-3-1-14(2-4-15)12-35(29,30)23-27-26-22(34-23)33-18-9-10-19-20(11-18)32-13-31-19/h1-11H,12-13H2,(H,25,28). The molecule has 1 N–H and O–H groups in total. The van der Waals surface area contributed by atoms with Gasteiger partial charge < -0.3 is 19.5 Å². The van der Waals surface area contributed by atoms with Crippen LogP contribution in [0.15, 0.2) is 71.1 Å². The smallest absolute Gasteiger partial charge is 0.300 e. The van der Waals surface area contributed by atoms with Gasteiger partial charge in [-0.15, -0.1) is 5.10 Å². The second-order valence-corrected chi connectivity index (χ2v) is 10.5. The van der Waals surface area contributed by atoms with E-state index in [1.807, 2.05) is 0 Å². The number of benzene rings is 3. The molecule has 0 radical (unpaired) electrons. The van der Waals surface area contributed by atoms with Crippen LogP contribution in [0.3, 0.4) is 0 Å². The number of nitrogens with zero attached hydrogens (tertiary/aromatic N) is 2. The maximum atomic E-state index is 13.0. The van der Waals surface area contributed by atoms with Gasteiger partial charge in [0.25, 0.3) is 5.91 Å². The fraction of sp³-hybridized carbons (Fsp3) is 0.0870. The molecular weight excluding hydrogens is 497 g/mol. The van der Waals surface area contributed by atoms with Crippen LogP contribution >= 0.6 is 11.3 Å². The number of rotatable bonds is 7. The third-order valence-corrected chi connectivity index (χ3v) is 7.81. The third-order valence-electron chi connectivity index (χ3n) is 4.88. The summed E-state index contributed by atoms with van der Waals surface area (Å²) >= 11 is 0.802. The number of nitrogens with one attached hydrogen (secondary N) is 1. The number of hydrogen-bond acceptors (Lipinski definition) is 9. The molecule has 0 bridgehead atoms. The minimum Gasteiger partial charge on any atom is -0.454 e. The number of ether oxygens (including phenoxy) is 3. The summed E-state index contributed by atoms with van der Waals surface area (Å²) in [5.74, 6) is 0.386. The number of halogens is 1. The molecule has 4 aromatic rings. The molecule has 1 aromatic heterocycles. The Morgan fingerprint density at radius 2 is 1.74 bits per heavy atom. The van der Waals surface area contributed by atoms with Gasteiger partial charge in [0.05, 0.1) is 5.75 Å². The number of sulfone groups is 1. The molecule has 0 aliphatic carbocycles. The Morgan fingerprint density at radius 3 is 2.51 bits per heavy atom. The van der Waals surface area contributed by atoms with Crippen molar-refractivity contribution in [2.24, 2.45) is 0 Å². The average molecular weight is 514 g/mol. The first-order chi connectivity index (χ1) is 16.9. The van der Waals surface area contributed by atoms with Crippen LogP contribution in [0.25, 0.3) is 0 Å². The Kier molecular flexibility index (Phi) is 6.05. The van der Waals surface area contributed by atoms with Crippen LogP contribution in [-0.2, 0) is 15.6 Å². The predicted molar refractivity (Wildman–Crippen MR) is 124 cm³/mol. The highest BCUT2D eigenvalue weighted by Gasteiger charge is 2.23. The molecule has 0 spiro atoms. The van der Waals surface area contributed by atoms with Gasteiger partial charge in [-0.05, 0) is 65.4 Å². The lowest BCUT2D eigenvalue weighted by Crippen LogP contribution is -2.12. The highest BCUT2D eigenvalue weighted by Crippen LogP contribution is 2.37. The van der Waals surface area contributed by atoms with E-state index in [1.54, 1.807) is 30.3 Å². The van der Waals surface area contributed by atoms with Crippen molar-refractivity contribution in [2.45, 2.75) is 10.1 Å². The lowest BCUT2D eigenvalue weighted by molar-refractivity contribution is 0.102. The van der Waals surface area contributed by atoms with Crippen molar-refractivity contribution >= 4 is 32.8 Å². The van der Waals surface area contributed by atoms with Crippen LogP contribution in [-0.4, -0.2) is 31.3 Å². The van der Waals surface area contributed by atoms with Crippen molar-refractivity contribution in [3.05, 3.63) is 83.7 Å². The summed E-state index contributed by atoms with van der Waals surface area (Å²) < 4.78 is 54.6. The molecule has 178 valence electrons. The van der Waals surface area contributed by atoms with Gasteiger partial charge in [0.1, 0.15) is 11.6 Å². The van der Waals surface area contributed by atoms with Crippen molar-refractivity contribution in [2.75, 3.05) is 12.1 Å². The normalized spacial score (nSPS) is 12.4. The summed E-state index contributed by atoms with van der Waals surface area (Å²) in [4.78, 5) is 12.4. The summed E-state index contributed by atoms with van der Waals surface area (Å²) in [6.45, 7) is 0.125. The fourth-order valence-corrected chi connectivity index (χ4v) is 5.44. The lowest BCUT2D eigenvalue weighted by Gasteiger charge is -2.06. The van der Waals surface area contributed by atoms with Crippen LogP contribution in [0.1, 0.15) is 15.9 Å². The van der Waals surface area contributed by atoms with Crippen LogP contribution < -0.4 is 19.5 Å². The second-order valence-electron chi connectivity index (χ2n) is 7.37. The topological polar surface area (TPSA) is 117 Å². The number of carbonyl (C=O) groups excluding carboxylic acids is 1. The monoisotopic (exact) mass is 513 g/mol. The molecule has 5 rings (SSSR count). The second kappa shape index (κ2) is 9.31. The minimum absolute atomic E-state index is 0.0650. The first-order valence-electron chi connectivity index (χ1n) is 10.2. The summed E-state index contributed by atoms with van der Waals surface area (Å²) in [5.41, 5.74) is 1.24. The molecular formula is C23H16FN3O6S2. The first-order valence-corrected chi connectivity index (χ1v) is 12.6. The van der Waals surface area contributed by atoms with E-state index >= 15 is 0 Å². The summed E-state index contributed by atoms with van der Waals surface area (Å²) in [6, 6.07) is 16.4. The molecule has 1 amide bonds. The summed E-state index contributed by atoms with van der Waals surface area (Å²) in [5, 5.41) is 10.3. The SMILES string of the molecule is O=C(Nc1ccc(F)cc1)c1ccc(CS(=O)(=O)c2nnc(Oc3ccc4c(c3)OCO4)s2)cc1. The van der Waals surface area contributed by atoms with Crippen molar-refractivity contribution < 1.29 is 31.8 Å². The maximum Gasteiger partial charge on any atom is 0.300 e. The zero-order valence-corrected chi connectivity index (χ0v) is 19.4. The molecule has 1 aliphatic heterocycles. The Hall–Kier alpha value is -4.03. The number of fused-ring (bicyclic) bond motifs is 1. The van der Waals surface area contributed by atoms with Crippen LogP contribution in [0.4, 0.5) is 10.1 Å². The molecule has 0 saturated carbocycles. The van der Waals surface area contributed by atoms with E-state index in [1.165, 1.54) is 36.4 Å². The van der Waals surface area contributed by atoms with E-state index in [0.717, 1.165) is 11.3 Å². The molecule has 12 heteroatoms. The van der Waals surface area contributed by atoms with Crippen molar-refractivity contribution in [3.63, 3.8) is 0 Å². The average Bonchev–Trinajstić information content (AvgIpc) is 3.50. The molecule has 0 atom stereocenters. The highest BCUT2D eigenvalue weighted by atomic mass is 32.2. The molecule has 2 heterocycles. The number of anilines is 1. The Labute approximate surface area is 203 Å². The highest BCUT2D eigenvalue weighted by molar-refractivity contribution is 7.92. The summed E-state index contributed by atoms with van der Waals surface area (Å²) in [7, 11) is -3.80. The molecule has 0 fully saturated rings. The number of carbonyl (C=O) groups is 1. The Balaban J connectivity index is 1.23. The van der Waals surface area contributed by atoms with E-state index in [-0.39, 0.29) is 22.1 Å². The lowest BCUT2D eigenvalue weighted by atomic mass is 10.1. The third kappa shape index (κ3) is 5.23. The van der Waals surface area contributed by atoms with Gasteiger partial charge in [0.15, 0.2) is 11.5 Å². The molecule has 3 aromatic carbocycles. The van der Waals surface area contributed by atoms with Gasteiger partial charge in [0.2, 0.25) is 21.0 Å². The van der Waals surface area contributed by atoms with Crippen LogP contribution in [0.2, 0.25) is 0 Å². The van der Waals surface area contributed by atoms with Crippen LogP contribution in [0.5, 0.6) is 22.4 Å². The van der Waals surface area contributed by atoms with E-state index in [9.17, 15) is 17.6 Å². The van der Waals surface area contributed by atoms with Crippen molar-refractivity contribution in [1.29, 1.82) is 0 Å². The van der Waals surface area contributed by atoms with E-state index in [4.69, 9.17) is 14.2 Å². The zero-order chi connectivity index (χ0) is 24.4. The number of amides is 1. The van der Waals surface area contributed by atoms with Crippen molar-refractivity contribution in [3.8, 4) is 22.4 Å². The predicted octanol–water partition coefficient (Wildman–Crippen LogP) is 4.42. The Morgan fingerprint density at radius 1 is 1.00 bits per heavy atom. The Bertz CT molecular complexity index is 1490. The largest absolute Gasteiger partial charge is 0.454 e. The minimum atomic E-state index is -3.80. The number of aromatic nitrogens is 2. The number of hydrogen-bond donors (Lipinski definition) is 1. The van der Waals surface area contributed by atoms with Gasteiger partial charge in [0, 0.05) is 17.3 Å². The van der Waals surface area contributed by atoms with Gasteiger partial charge >= 0.3 is 5.19 Å². The molecule has 35 heavy (non-hydrogen) atoms. The molecule has 1 aliphatic rings. The van der Waals surface area contributed by atoms with Gasteiger partial charge in [-0.1, -0.05) is 17.2 Å². The van der Waals surface area contributed by atoms with E-state index in [0.29, 0.717) is 34.1 Å².